The van der Waals surface area contributed by atoms with Crippen LogP contribution in [0.2, 0.25) is 0 Å². The van der Waals surface area contributed by atoms with E-state index in [4.69, 9.17) is 9.47 Å². The van der Waals surface area contributed by atoms with Crippen molar-refractivity contribution in [3.63, 3.8) is 0 Å². The first kappa shape index (κ1) is 12.4. The minimum Gasteiger partial charge on any atom is -0.454 e. The van der Waals surface area contributed by atoms with Crippen LogP contribution < -0.4 is 9.47 Å². The van der Waals surface area contributed by atoms with Crippen molar-refractivity contribution in [3.8, 4) is 11.5 Å². The van der Waals surface area contributed by atoms with Crippen LogP contribution in [0, 0.1) is 0 Å². The summed E-state index contributed by atoms with van der Waals surface area (Å²) < 4.78 is 10.5. The SMILES string of the molecule is CC1(O)CCN(CC(=O)c2ccc3c(c2)OCO3)C1. The second-order valence-electron chi connectivity index (χ2n) is 5.45. The third-order valence-corrected chi connectivity index (χ3v) is 3.59. The highest BCUT2D eigenvalue weighted by Gasteiger charge is 2.32. The van der Waals surface area contributed by atoms with Gasteiger partial charge in [0.1, 0.15) is 0 Å². The van der Waals surface area contributed by atoms with Crippen LogP contribution in [-0.4, -0.2) is 47.8 Å². The molecule has 0 amide bonds. The van der Waals surface area contributed by atoms with Gasteiger partial charge in [-0.15, -0.1) is 0 Å². The van der Waals surface area contributed by atoms with Gasteiger partial charge in [-0.2, -0.15) is 0 Å². The highest BCUT2D eigenvalue weighted by molar-refractivity contribution is 5.98. The molecule has 0 spiro atoms. The molecule has 0 bridgehead atoms. The highest BCUT2D eigenvalue weighted by atomic mass is 16.7. The number of hydrogen-bond acceptors (Lipinski definition) is 5. The number of fused-ring (bicyclic) bond motifs is 1. The molecule has 102 valence electrons. The molecule has 0 saturated carbocycles. The van der Waals surface area contributed by atoms with Gasteiger partial charge in [-0.1, -0.05) is 0 Å². The first-order chi connectivity index (χ1) is 9.03. The van der Waals surface area contributed by atoms with Gasteiger partial charge in [0.25, 0.3) is 0 Å². The maximum Gasteiger partial charge on any atom is 0.231 e. The summed E-state index contributed by atoms with van der Waals surface area (Å²) in [5.74, 6) is 1.34. The average Bonchev–Trinajstić information content (AvgIpc) is 2.94. The summed E-state index contributed by atoms with van der Waals surface area (Å²) in [4.78, 5) is 14.2. The minimum absolute atomic E-state index is 0.0380. The van der Waals surface area contributed by atoms with E-state index in [0.29, 0.717) is 36.6 Å². The standard InChI is InChI=1S/C14H17NO4/c1-14(17)4-5-15(8-14)7-11(16)10-2-3-12-13(6-10)19-9-18-12/h2-3,6,17H,4-5,7-9H2,1H3. The Morgan fingerprint density at radius 1 is 1.42 bits per heavy atom. The van der Waals surface area contributed by atoms with Crippen LogP contribution in [0.25, 0.3) is 0 Å². The van der Waals surface area contributed by atoms with E-state index in [1.54, 1.807) is 25.1 Å². The zero-order valence-corrected chi connectivity index (χ0v) is 10.9. The number of Topliss-reactive ketones (excluding diaryl/α,β-unsaturated/α-hetero) is 1. The molecule has 1 fully saturated rings. The maximum absolute atomic E-state index is 12.2. The zero-order valence-electron chi connectivity index (χ0n) is 10.9. The molecule has 1 atom stereocenters. The van der Waals surface area contributed by atoms with E-state index in [2.05, 4.69) is 0 Å². The summed E-state index contributed by atoms with van der Waals surface area (Å²) >= 11 is 0. The van der Waals surface area contributed by atoms with Gasteiger partial charge in [0, 0.05) is 18.7 Å². The van der Waals surface area contributed by atoms with E-state index >= 15 is 0 Å². The fraction of sp³-hybridized carbons (Fsp3) is 0.500. The number of carbonyl (C=O) groups is 1. The molecule has 1 unspecified atom stereocenters. The summed E-state index contributed by atoms with van der Waals surface area (Å²) in [5, 5.41) is 9.89. The molecule has 5 heteroatoms. The topological polar surface area (TPSA) is 59.0 Å². The second kappa shape index (κ2) is 4.51. The van der Waals surface area contributed by atoms with E-state index in [-0.39, 0.29) is 12.6 Å². The number of hydrogen-bond donors (Lipinski definition) is 1. The largest absolute Gasteiger partial charge is 0.454 e. The van der Waals surface area contributed by atoms with Gasteiger partial charge in [0.05, 0.1) is 12.1 Å². The Morgan fingerprint density at radius 2 is 2.21 bits per heavy atom. The molecule has 0 aromatic heterocycles. The summed E-state index contributed by atoms with van der Waals surface area (Å²) in [6, 6.07) is 5.23. The molecule has 19 heavy (non-hydrogen) atoms. The van der Waals surface area contributed by atoms with Crippen molar-refractivity contribution < 1.29 is 19.4 Å². The smallest absolute Gasteiger partial charge is 0.231 e. The molecule has 1 N–H and O–H groups in total. The molecule has 5 nitrogen and oxygen atoms in total. The number of ether oxygens (including phenoxy) is 2. The normalized spacial score (nSPS) is 25.8. The number of rotatable bonds is 3. The molecule has 2 aliphatic rings. The Balaban J connectivity index is 1.68. The van der Waals surface area contributed by atoms with Crippen LogP contribution in [0.4, 0.5) is 0 Å². The van der Waals surface area contributed by atoms with Gasteiger partial charge < -0.3 is 14.6 Å². The number of ketones is 1. The van der Waals surface area contributed by atoms with E-state index in [1.165, 1.54) is 0 Å². The Hall–Kier alpha value is -1.59. The molecule has 1 saturated heterocycles. The minimum atomic E-state index is -0.671. The van der Waals surface area contributed by atoms with Crippen LogP contribution in [0.3, 0.4) is 0 Å². The number of likely N-dealkylation sites (tertiary alicyclic amines) is 1. The zero-order chi connectivity index (χ0) is 13.5. The van der Waals surface area contributed by atoms with Gasteiger partial charge >= 0.3 is 0 Å². The molecule has 1 aromatic carbocycles. The van der Waals surface area contributed by atoms with E-state index in [9.17, 15) is 9.90 Å². The number of β-amino-alcohol motifs (C(OH)–C–C–N with tert-alkyl or cyclic N) is 1. The Bertz CT molecular complexity index is 512. The molecular formula is C14H17NO4. The first-order valence-corrected chi connectivity index (χ1v) is 6.41. The van der Waals surface area contributed by atoms with Crippen molar-refractivity contribution in [1.82, 2.24) is 4.90 Å². The molecule has 0 aliphatic carbocycles. The van der Waals surface area contributed by atoms with Crippen molar-refractivity contribution >= 4 is 5.78 Å². The number of aliphatic hydroxyl groups is 1. The maximum atomic E-state index is 12.2. The lowest BCUT2D eigenvalue weighted by molar-refractivity contribution is 0.0669. The van der Waals surface area contributed by atoms with Crippen LogP contribution in [0.1, 0.15) is 23.7 Å². The van der Waals surface area contributed by atoms with Crippen molar-refractivity contribution in [3.05, 3.63) is 23.8 Å². The summed E-state index contributed by atoms with van der Waals surface area (Å²) in [6.45, 7) is 3.64. The fourth-order valence-electron chi connectivity index (χ4n) is 2.54. The predicted octanol–water partition coefficient (Wildman–Crippen LogP) is 1.05. The van der Waals surface area contributed by atoms with E-state index in [1.807, 2.05) is 4.90 Å². The highest BCUT2D eigenvalue weighted by Crippen LogP contribution is 2.32. The average molecular weight is 263 g/mol. The van der Waals surface area contributed by atoms with Crippen LogP contribution in [-0.2, 0) is 0 Å². The van der Waals surface area contributed by atoms with Crippen molar-refractivity contribution in [2.24, 2.45) is 0 Å². The second-order valence-corrected chi connectivity index (χ2v) is 5.45. The molecule has 0 radical (unpaired) electrons. The van der Waals surface area contributed by atoms with Crippen LogP contribution in [0.15, 0.2) is 18.2 Å². The van der Waals surface area contributed by atoms with E-state index < -0.39 is 5.60 Å². The molecular weight excluding hydrogens is 246 g/mol. The van der Waals surface area contributed by atoms with Crippen molar-refractivity contribution in [2.45, 2.75) is 18.9 Å². The summed E-state index contributed by atoms with van der Waals surface area (Å²) in [5.41, 5.74) is -0.0504. The van der Waals surface area contributed by atoms with Crippen molar-refractivity contribution in [2.75, 3.05) is 26.4 Å². The lowest BCUT2D eigenvalue weighted by Crippen LogP contribution is -2.33. The molecule has 2 heterocycles. The molecule has 3 rings (SSSR count). The lowest BCUT2D eigenvalue weighted by atomic mass is 10.1. The van der Waals surface area contributed by atoms with Crippen molar-refractivity contribution in [1.29, 1.82) is 0 Å². The monoisotopic (exact) mass is 263 g/mol. The number of benzene rings is 1. The fourth-order valence-corrected chi connectivity index (χ4v) is 2.54. The predicted molar refractivity (Wildman–Crippen MR) is 68.6 cm³/mol. The summed E-state index contributed by atoms with van der Waals surface area (Å²) in [6.07, 6.45) is 0.710. The van der Waals surface area contributed by atoms with Gasteiger partial charge in [-0.25, -0.2) is 0 Å². The van der Waals surface area contributed by atoms with Gasteiger partial charge in [0.2, 0.25) is 6.79 Å². The van der Waals surface area contributed by atoms with Crippen LogP contribution >= 0.6 is 0 Å². The number of nitrogens with zero attached hydrogens (tertiary/aromatic N) is 1. The van der Waals surface area contributed by atoms with Gasteiger partial charge in [-0.05, 0) is 31.5 Å². The Kier molecular flexibility index (Phi) is 2.95. The van der Waals surface area contributed by atoms with Crippen LogP contribution in [0.5, 0.6) is 11.5 Å². The van der Waals surface area contributed by atoms with E-state index in [0.717, 1.165) is 6.54 Å². The number of carbonyl (C=O) groups excluding carboxylic acids is 1. The first-order valence-electron chi connectivity index (χ1n) is 6.41. The molecule has 2 aliphatic heterocycles. The Morgan fingerprint density at radius 3 is 2.95 bits per heavy atom. The third-order valence-electron chi connectivity index (χ3n) is 3.59. The summed E-state index contributed by atoms with van der Waals surface area (Å²) in [7, 11) is 0. The molecule has 1 aromatic rings. The Labute approximate surface area is 111 Å². The van der Waals surface area contributed by atoms with Gasteiger partial charge in [-0.3, -0.25) is 9.69 Å². The third kappa shape index (κ3) is 2.57. The lowest BCUT2D eigenvalue weighted by Gasteiger charge is -2.18. The van der Waals surface area contributed by atoms with Gasteiger partial charge in [0.15, 0.2) is 17.3 Å². The quantitative estimate of drug-likeness (QED) is 0.826.